The van der Waals surface area contributed by atoms with Crippen LogP contribution in [0.3, 0.4) is 0 Å². The number of ketones is 3. The summed E-state index contributed by atoms with van der Waals surface area (Å²) in [5, 5.41) is 44.0. The number of hydrogen-bond acceptors (Lipinski definition) is 7. The number of hydrogen-bond donors (Lipinski definition) is 4. The van der Waals surface area contributed by atoms with Crippen molar-refractivity contribution >= 4 is 23.1 Å². The van der Waals surface area contributed by atoms with Gasteiger partial charge in [-0.25, -0.2) is 0 Å². The van der Waals surface area contributed by atoms with Gasteiger partial charge in [-0.15, -0.1) is 0 Å². The Labute approximate surface area is 202 Å². The second kappa shape index (κ2) is 7.65. The van der Waals surface area contributed by atoms with Gasteiger partial charge in [0.25, 0.3) is 0 Å². The maximum absolute atomic E-state index is 13.6. The molecule has 0 spiro atoms. The number of Topliss-reactive ketones (excluding diaryl/α,β-unsaturated/α-hetero) is 3. The molecule has 4 N–H and O–H groups in total. The van der Waals surface area contributed by atoms with E-state index in [2.05, 4.69) is 0 Å². The molecule has 1 saturated carbocycles. The standard InChI is InChI=1S/C28H26O7/c1-12-4-5-15(8-13(12)2)18-6-7-20(30)24-19(18)10-16-9-17-11-21(31)22(14(3)29)26(33)28(17,35)27(34)23(16)25(24)32/h4-8,16-17,30,32-33,35H,9-11H2,1-3H3/t16-,17+,28-/m1/s1. The molecule has 180 valence electrons. The fraction of sp³-hybridized carbons (Fsp3) is 0.321. The highest BCUT2D eigenvalue weighted by atomic mass is 16.3. The van der Waals surface area contributed by atoms with Crippen LogP contribution >= 0.6 is 0 Å². The zero-order chi connectivity index (χ0) is 25.4. The summed E-state index contributed by atoms with van der Waals surface area (Å²) >= 11 is 0. The van der Waals surface area contributed by atoms with Crippen molar-refractivity contribution in [1.82, 2.24) is 0 Å². The van der Waals surface area contributed by atoms with Gasteiger partial charge >= 0.3 is 0 Å². The largest absolute Gasteiger partial charge is 0.508 e. The van der Waals surface area contributed by atoms with Gasteiger partial charge in [-0.3, -0.25) is 14.4 Å². The Balaban J connectivity index is 1.71. The van der Waals surface area contributed by atoms with Crippen molar-refractivity contribution in [2.75, 3.05) is 0 Å². The highest BCUT2D eigenvalue weighted by molar-refractivity contribution is 6.23. The molecule has 7 nitrogen and oxygen atoms in total. The van der Waals surface area contributed by atoms with Gasteiger partial charge in [0.2, 0.25) is 5.78 Å². The number of benzene rings is 2. The molecule has 3 aliphatic rings. The molecular weight excluding hydrogens is 448 g/mol. The number of aromatic hydroxyl groups is 1. The minimum absolute atomic E-state index is 0.104. The van der Waals surface area contributed by atoms with Gasteiger partial charge in [-0.05, 0) is 73.4 Å². The number of phenols is 1. The number of rotatable bonds is 2. The van der Waals surface area contributed by atoms with Crippen molar-refractivity contribution < 1.29 is 34.8 Å². The quantitative estimate of drug-likeness (QED) is 0.487. The number of carbonyl (C=O) groups is 3. The third-order valence-corrected chi connectivity index (χ3v) is 7.87. The summed E-state index contributed by atoms with van der Waals surface area (Å²) in [6, 6.07) is 9.20. The molecule has 0 radical (unpaired) electrons. The predicted molar refractivity (Wildman–Crippen MR) is 128 cm³/mol. The van der Waals surface area contributed by atoms with Gasteiger partial charge in [0.15, 0.2) is 17.2 Å². The van der Waals surface area contributed by atoms with Crippen LogP contribution in [-0.4, -0.2) is 43.4 Å². The lowest BCUT2D eigenvalue weighted by atomic mass is 9.59. The second-order valence-corrected chi connectivity index (χ2v) is 9.88. The van der Waals surface area contributed by atoms with Crippen molar-refractivity contribution in [2.45, 2.75) is 45.6 Å². The Bertz CT molecular complexity index is 1410. The van der Waals surface area contributed by atoms with Gasteiger partial charge in [0.05, 0.1) is 5.56 Å². The van der Waals surface area contributed by atoms with Crippen LogP contribution in [0.5, 0.6) is 5.75 Å². The van der Waals surface area contributed by atoms with Crippen LogP contribution in [0.25, 0.3) is 16.9 Å². The number of allylic oxidation sites excluding steroid dienone is 1. The summed E-state index contributed by atoms with van der Waals surface area (Å²) in [5.74, 6) is -5.37. The molecule has 35 heavy (non-hydrogen) atoms. The van der Waals surface area contributed by atoms with Gasteiger partial charge in [0, 0.05) is 17.9 Å². The van der Waals surface area contributed by atoms with Gasteiger partial charge in [-0.1, -0.05) is 24.3 Å². The first kappa shape index (κ1) is 23.1. The predicted octanol–water partition coefficient (Wildman–Crippen LogP) is 3.81. The molecule has 0 amide bonds. The molecule has 0 aromatic heterocycles. The molecule has 3 atom stereocenters. The molecule has 2 aromatic rings. The number of aliphatic hydroxyl groups is 3. The lowest BCUT2D eigenvalue weighted by molar-refractivity contribution is -0.147. The third-order valence-electron chi connectivity index (χ3n) is 7.87. The van der Waals surface area contributed by atoms with E-state index in [0.29, 0.717) is 12.0 Å². The average Bonchev–Trinajstić information content (AvgIpc) is 2.78. The SMILES string of the molecule is CC(=O)C1=C(O)[C@@]2(O)C(=O)C3=C(O)c4c(O)ccc(-c5ccc(C)c(C)c5)c4C[C@H]3C[C@H]2CC1=O. The molecule has 1 fully saturated rings. The first-order valence-electron chi connectivity index (χ1n) is 11.6. The summed E-state index contributed by atoms with van der Waals surface area (Å²) in [6.07, 6.45) is 0.175. The van der Waals surface area contributed by atoms with Crippen molar-refractivity contribution in [1.29, 1.82) is 0 Å². The molecular formula is C28H26O7. The van der Waals surface area contributed by atoms with Crippen molar-refractivity contribution in [3.63, 3.8) is 0 Å². The molecule has 2 aromatic carbocycles. The highest BCUT2D eigenvalue weighted by Crippen LogP contribution is 2.53. The van der Waals surface area contributed by atoms with E-state index < -0.39 is 51.9 Å². The maximum Gasteiger partial charge on any atom is 0.202 e. The number of carbonyl (C=O) groups excluding carboxylic acids is 3. The molecule has 3 aliphatic carbocycles. The van der Waals surface area contributed by atoms with E-state index in [1.165, 1.54) is 6.07 Å². The monoisotopic (exact) mass is 474 g/mol. The normalized spacial score (nSPS) is 25.8. The van der Waals surface area contributed by atoms with Crippen LogP contribution < -0.4 is 0 Å². The van der Waals surface area contributed by atoms with E-state index in [-0.39, 0.29) is 29.7 Å². The Morgan fingerprint density at radius 1 is 1.00 bits per heavy atom. The molecule has 7 heteroatoms. The summed E-state index contributed by atoms with van der Waals surface area (Å²) in [4.78, 5) is 38.1. The zero-order valence-electron chi connectivity index (χ0n) is 19.7. The third kappa shape index (κ3) is 3.11. The lowest BCUT2D eigenvalue weighted by Crippen LogP contribution is -2.57. The minimum atomic E-state index is -2.48. The topological polar surface area (TPSA) is 132 Å². The fourth-order valence-corrected chi connectivity index (χ4v) is 5.91. The van der Waals surface area contributed by atoms with Crippen LogP contribution in [0, 0.1) is 25.7 Å². The summed E-state index contributed by atoms with van der Waals surface area (Å²) in [7, 11) is 0. The van der Waals surface area contributed by atoms with Crippen LogP contribution in [0.15, 0.2) is 47.2 Å². The first-order chi connectivity index (χ1) is 16.5. The van der Waals surface area contributed by atoms with E-state index in [0.717, 1.165) is 29.2 Å². The molecule has 0 saturated heterocycles. The summed E-state index contributed by atoms with van der Waals surface area (Å²) < 4.78 is 0. The Hall–Kier alpha value is -3.71. The van der Waals surface area contributed by atoms with Crippen LogP contribution in [0.2, 0.25) is 0 Å². The second-order valence-electron chi connectivity index (χ2n) is 9.88. The number of aryl methyl sites for hydroxylation is 2. The molecule has 5 rings (SSSR count). The van der Waals surface area contributed by atoms with Gasteiger partial charge in [-0.2, -0.15) is 0 Å². The van der Waals surface area contributed by atoms with Crippen molar-refractivity contribution in [3.05, 3.63) is 69.5 Å². The van der Waals surface area contributed by atoms with E-state index in [1.54, 1.807) is 6.07 Å². The zero-order valence-corrected chi connectivity index (χ0v) is 19.7. The van der Waals surface area contributed by atoms with Gasteiger partial charge < -0.3 is 20.4 Å². The first-order valence-corrected chi connectivity index (χ1v) is 11.6. The van der Waals surface area contributed by atoms with Crippen LogP contribution in [-0.2, 0) is 20.8 Å². The molecule has 0 heterocycles. The molecule has 0 unspecified atom stereocenters. The Morgan fingerprint density at radius 3 is 2.37 bits per heavy atom. The molecule has 0 aliphatic heterocycles. The van der Waals surface area contributed by atoms with Crippen molar-refractivity contribution in [2.24, 2.45) is 11.8 Å². The van der Waals surface area contributed by atoms with E-state index in [9.17, 15) is 34.8 Å². The highest BCUT2D eigenvalue weighted by Gasteiger charge is 2.60. The smallest absolute Gasteiger partial charge is 0.202 e. The van der Waals surface area contributed by atoms with Gasteiger partial charge in [0.1, 0.15) is 22.8 Å². The molecule has 0 bridgehead atoms. The fourth-order valence-electron chi connectivity index (χ4n) is 5.91. The van der Waals surface area contributed by atoms with E-state index >= 15 is 0 Å². The Morgan fingerprint density at radius 2 is 1.71 bits per heavy atom. The van der Waals surface area contributed by atoms with Crippen molar-refractivity contribution in [3.8, 4) is 16.9 Å². The average molecular weight is 475 g/mol. The summed E-state index contributed by atoms with van der Waals surface area (Å²) in [5.41, 5.74) is 1.55. The van der Waals surface area contributed by atoms with Crippen LogP contribution in [0.1, 0.15) is 42.0 Å². The number of phenolic OH excluding ortho intramolecular Hbond substituents is 1. The number of fused-ring (bicyclic) bond motifs is 3. The minimum Gasteiger partial charge on any atom is -0.508 e. The summed E-state index contributed by atoms with van der Waals surface area (Å²) in [6.45, 7) is 5.09. The lowest BCUT2D eigenvalue weighted by Gasteiger charge is -2.46. The van der Waals surface area contributed by atoms with E-state index in [4.69, 9.17) is 0 Å². The van der Waals surface area contributed by atoms with Crippen LogP contribution in [0.4, 0.5) is 0 Å². The Kier molecular flexibility index (Phi) is 5.04. The van der Waals surface area contributed by atoms with E-state index in [1.807, 2.05) is 32.0 Å². The number of aliphatic hydroxyl groups excluding tert-OH is 2. The maximum atomic E-state index is 13.6.